The Morgan fingerprint density at radius 1 is 1.05 bits per heavy atom. The van der Waals surface area contributed by atoms with E-state index in [9.17, 15) is 9.59 Å². The molecule has 5 rings (SSSR count). The van der Waals surface area contributed by atoms with Crippen LogP contribution in [-0.2, 0) is 16.1 Å². The largest absolute Gasteiger partial charge is 0.464 e. The Kier molecular flexibility index (Phi) is 7.43. The average molecular weight is 516 g/mol. The first kappa shape index (κ1) is 24.9. The van der Waals surface area contributed by atoms with E-state index in [0.29, 0.717) is 19.5 Å². The van der Waals surface area contributed by atoms with Gasteiger partial charge in [-0.1, -0.05) is 65.9 Å². The minimum absolute atomic E-state index is 0.0400. The molecular weight excluding hydrogens is 486 g/mol. The molecule has 9 heteroatoms. The fraction of sp³-hybridized carbons (Fsp3) is 0.286. The van der Waals surface area contributed by atoms with Crippen molar-refractivity contribution in [2.24, 2.45) is 0 Å². The van der Waals surface area contributed by atoms with E-state index in [1.165, 1.54) is 16.9 Å². The zero-order chi connectivity index (χ0) is 25.8. The number of rotatable bonds is 8. The maximum absolute atomic E-state index is 13.9. The minimum Gasteiger partial charge on any atom is -0.464 e. The van der Waals surface area contributed by atoms with Crippen LogP contribution < -0.4 is 5.32 Å². The number of benzene rings is 2. The van der Waals surface area contributed by atoms with Crippen molar-refractivity contribution in [1.29, 1.82) is 0 Å². The smallest absolute Gasteiger partial charge is 0.360 e. The van der Waals surface area contributed by atoms with Crippen LogP contribution in [0.2, 0.25) is 0 Å². The molecule has 1 aliphatic rings. The number of thiophene rings is 1. The molecule has 1 N–H and O–H groups in total. The SMILES string of the molecule is COC(=O)c1cn([C@@H]2C[C@@H](C(=O)NC(c3ccccc3)c3ccccc3)N(Cc3ccc(C)s3)C2)nn1. The molecule has 1 aliphatic heterocycles. The van der Waals surface area contributed by atoms with Gasteiger partial charge in [0.25, 0.3) is 0 Å². The first-order valence-corrected chi connectivity index (χ1v) is 13.0. The van der Waals surface area contributed by atoms with Crippen LogP contribution in [0.1, 0.15) is 49.9 Å². The third-order valence-corrected chi connectivity index (χ3v) is 7.66. The van der Waals surface area contributed by atoms with Crippen LogP contribution in [0.4, 0.5) is 0 Å². The molecule has 0 aliphatic carbocycles. The standard InChI is InChI=1S/C28H29N5O3S/c1-19-13-14-23(37-19)17-32-16-22(33-18-24(30-31-33)28(35)36-2)15-25(32)27(34)29-26(20-9-5-3-6-10-20)21-11-7-4-8-12-21/h3-14,18,22,25-26H,15-17H2,1-2H3,(H,29,34)/t22-,25+/m1/s1. The van der Waals surface area contributed by atoms with Crippen LogP contribution in [0.15, 0.2) is 79.0 Å². The number of nitrogens with one attached hydrogen (secondary N) is 1. The molecule has 37 heavy (non-hydrogen) atoms. The zero-order valence-electron chi connectivity index (χ0n) is 20.8. The predicted octanol–water partition coefficient (Wildman–Crippen LogP) is 4.16. The number of hydrogen-bond acceptors (Lipinski definition) is 7. The van der Waals surface area contributed by atoms with Gasteiger partial charge in [0.05, 0.1) is 31.4 Å². The fourth-order valence-corrected chi connectivity index (χ4v) is 5.75. The number of nitrogens with zero attached hydrogens (tertiary/aromatic N) is 4. The molecule has 3 heterocycles. The first-order chi connectivity index (χ1) is 18.0. The van der Waals surface area contributed by atoms with Gasteiger partial charge in [0, 0.05) is 22.8 Å². The molecule has 2 atom stereocenters. The van der Waals surface area contributed by atoms with E-state index in [0.717, 1.165) is 11.1 Å². The van der Waals surface area contributed by atoms with Gasteiger partial charge in [-0.25, -0.2) is 9.48 Å². The van der Waals surface area contributed by atoms with E-state index in [1.807, 2.05) is 60.7 Å². The molecule has 0 unspecified atom stereocenters. The van der Waals surface area contributed by atoms with Crippen molar-refractivity contribution in [3.8, 4) is 0 Å². The lowest BCUT2D eigenvalue weighted by molar-refractivity contribution is -0.126. The number of ether oxygens (including phenoxy) is 1. The molecule has 0 radical (unpaired) electrons. The number of hydrogen-bond donors (Lipinski definition) is 1. The number of amides is 1. The molecule has 1 fully saturated rings. The summed E-state index contributed by atoms with van der Waals surface area (Å²) in [7, 11) is 1.32. The van der Waals surface area contributed by atoms with E-state index in [4.69, 9.17) is 4.74 Å². The van der Waals surface area contributed by atoms with E-state index >= 15 is 0 Å². The summed E-state index contributed by atoms with van der Waals surface area (Å²) in [5, 5.41) is 11.5. The second-order valence-corrected chi connectivity index (χ2v) is 10.6. The number of likely N-dealkylation sites (tertiary alicyclic amines) is 1. The van der Waals surface area contributed by atoms with Gasteiger partial charge in [-0.05, 0) is 36.6 Å². The highest BCUT2D eigenvalue weighted by Gasteiger charge is 2.39. The fourth-order valence-electron chi connectivity index (χ4n) is 4.83. The summed E-state index contributed by atoms with van der Waals surface area (Å²) < 4.78 is 6.45. The Morgan fingerprint density at radius 3 is 2.32 bits per heavy atom. The number of aryl methyl sites for hydroxylation is 1. The van der Waals surface area contributed by atoms with Crippen LogP contribution in [0.25, 0.3) is 0 Å². The second-order valence-electron chi connectivity index (χ2n) is 9.19. The minimum atomic E-state index is -0.530. The van der Waals surface area contributed by atoms with Crippen LogP contribution in [0.3, 0.4) is 0 Å². The van der Waals surface area contributed by atoms with Crippen LogP contribution >= 0.6 is 11.3 Å². The summed E-state index contributed by atoms with van der Waals surface area (Å²) in [6.07, 6.45) is 2.15. The monoisotopic (exact) mass is 515 g/mol. The number of carbonyl (C=O) groups is 2. The van der Waals surface area contributed by atoms with Crippen molar-refractivity contribution in [2.75, 3.05) is 13.7 Å². The predicted molar refractivity (Wildman–Crippen MR) is 141 cm³/mol. The average Bonchev–Trinajstić information content (AvgIpc) is 3.68. The van der Waals surface area contributed by atoms with Gasteiger partial charge < -0.3 is 10.1 Å². The molecule has 1 amide bonds. The Balaban J connectivity index is 1.41. The number of carbonyl (C=O) groups excluding carboxylic acids is 2. The molecule has 2 aromatic carbocycles. The molecular formula is C28H29N5O3S. The number of aromatic nitrogens is 3. The van der Waals surface area contributed by atoms with Gasteiger partial charge in [0.1, 0.15) is 0 Å². The lowest BCUT2D eigenvalue weighted by atomic mass is 9.98. The van der Waals surface area contributed by atoms with E-state index in [2.05, 4.69) is 39.6 Å². The van der Waals surface area contributed by atoms with Crippen molar-refractivity contribution in [3.05, 3.63) is 106 Å². The normalized spacial score (nSPS) is 17.7. The highest BCUT2D eigenvalue weighted by molar-refractivity contribution is 7.11. The van der Waals surface area contributed by atoms with Crippen molar-refractivity contribution in [2.45, 2.75) is 38.0 Å². The Labute approximate surface area is 219 Å². The van der Waals surface area contributed by atoms with Crippen molar-refractivity contribution < 1.29 is 14.3 Å². The first-order valence-electron chi connectivity index (χ1n) is 12.2. The summed E-state index contributed by atoms with van der Waals surface area (Å²) in [5.74, 6) is -0.570. The van der Waals surface area contributed by atoms with Crippen LogP contribution in [-0.4, -0.2) is 51.5 Å². The summed E-state index contributed by atoms with van der Waals surface area (Å²) >= 11 is 1.73. The summed E-state index contributed by atoms with van der Waals surface area (Å²) in [4.78, 5) is 30.4. The van der Waals surface area contributed by atoms with Crippen LogP contribution in [0, 0.1) is 6.92 Å². The Hall–Kier alpha value is -3.82. The molecule has 190 valence electrons. The second kappa shape index (κ2) is 11.1. The Morgan fingerprint density at radius 2 is 1.73 bits per heavy atom. The quantitative estimate of drug-likeness (QED) is 0.355. The van der Waals surface area contributed by atoms with Gasteiger partial charge >= 0.3 is 5.97 Å². The lowest BCUT2D eigenvalue weighted by Crippen LogP contribution is -2.44. The third kappa shape index (κ3) is 5.63. The van der Waals surface area contributed by atoms with Crippen molar-refractivity contribution in [3.63, 3.8) is 0 Å². The van der Waals surface area contributed by atoms with Crippen molar-refractivity contribution >= 4 is 23.2 Å². The number of esters is 1. The lowest BCUT2D eigenvalue weighted by Gasteiger charge is -2.26. The van der Waals surface area contributed by atoms with Gasteiger partial charge in [-0.15, -0.1) is 16.4 Å². The van der Waals surface area contributed by atoms with Crippen molar-refractivity contribution in [1.82, 2.24) is 25.2 Å². The molecule has 0 bridgehead atoms. The molecule has 1 saturated heterocycles. The molecule has 0 spiro atoms. The summed E-state index contributed by atoms with van der Waals surface area (Å²) in [6, 6.07) is 23.5. The summed E-state index contributed by atoms with van der Waals surface area (Å²) in [6.45, 7) is 3.35. The van der Waals surface area contributed by atoms with E-state index in [-0.39, 0.29) is 29.7 Å². The third-order valence-electron chi connectivity index (χ3n) is 6.67. The van der Waals surface area contributed by atoms with E-state index in [1.54, 1.807) is 22.2 Å². The topological polar surface area (TPSA) is 89.4 Å². The zero-order valence-corrected chi connectivity index (χ0v) is 21.6. The summed E-state index contributed by atoms with van der Waals surface area (Å²) in [5.41, 5.74) is 2.20. The highest BCUT2D eigenvalue weighted by atomic mass is 32.1. The van der Waals surface area contributed by atoms with E-state index < -0.39 is 5.97 Å². The molecule has 0 saturated carbocycles. The Bertz CT molecular complexity index is 1310. The number of methoxy groups -OCH3 is 1. The van der Waals surface area contributed by atoms with Gasteiger partial charge in [-0.3, -0.25) is 9.69 Å². The molecule has 2 aromatic heterocycles. The maximum Gasteiger partial charge on any atom is 0.360 e. The highest BCUT2D eigenvalue weighted by Crippen LogP contribution is 2.31. The molecule has 4 aromatic rings. The van der Waals surface area contributed by atoms with Crippen LogP contribution in [0.5, 0.6) is 0 Å². The van der Waals surface area contributed by atoms with Gasteiger partial charge in [0.15, 0.2) is 5.69 Å². The van der Waals surface area contributed by atoms with Gasteiger partial charge in [-0.2, -0.15) is 0 Å². The molecule has 8 nitrogen and oxygen atoms in total. The van der Waals surface area contributed by atoms with Gasteiger partial charge in [0.2, 0.25) is 5.91 Å². The maximum atomic E-state index is 13.9.